The highest BCUT2D eigenvalue weighted by atomic mass is 35.5. The lowest BCUT2D eigenvalue weighted by Gasteiger charge is -2.24. The van der Waals surface area contributed by atoms with Gasteiger partial charge in [-0.15, -0.1) is 0 Å². The zero-order valence-electron chi connectivity index (χ0n) is 11.6. The van der Waals surface area contributed by atoms with Gasteiger partial charge in [0, 0.05) is 23.4 Å². The van der Waals surface area contributed by atoms with Gasteiger partial charge in [-0.1, -0.05) is 54.9 Å². The molecule has 0 N–H and O–H groups in total. The summed E-state index contributed by atoms with van der Waals surface area (Å²) >= 11 is 6.29. The van der Waals surface area contributed by atoms with Crippen molar-refractivity contribution in [1.82, 2.24) is 4.90 Å². The fourth-order valence-corrected chi connectivity index (χ4v) is 2.19. The summed E-state index contributed by atoms with van der Waals surface area (Å²) in [5.74, 6) is -0.00878. The molecule has 1 aromatic rings. The Balaban J connectivity index is 2.08. The van der Waals surface area contributed by atoms with Gasteiger partial charge in [0.1, 0.15) is 6.10 Å². The first-order valence-corrected chi connectivity index (χ1v) is 7.09. The molecule has 0 saturated carbocycles. The summed E-state index contributed by atoms with van der Waals surface area (Å²) in [4.78, 5) is 13.3. The highest BCUT2D eigenvalue weighted by molar-refractivity contribution is 6.30. The summed E-state index contributed by atoms with van der Waals surface area (Å²) in [7, 11) is 0. The van der Waals surface area contributed by atoms with Gasteiger partial charge in [-0.05, 0) is 18.9 Å². The summed E-state index contributed by atoms with van der Waals surface area (Å²) in [5, 5.41) is 0.597. The molecule has 1 heterocycles. The lowest BCUT2D eigenvalue weighted by atomic mass is 9.97. The van der Waals surface area contributed by atoms with Crippen LogP contribution in [0.15, 0.2) is 53.8 Å². The molecule has 2 rings (SSSR count). The van der Waals surface area contributed by atoms with E-state index in [4.69, 9.17) is 16.3 Å². The van der Waals surface area contributed by atoms with Gasteiger partial charge in [0.2, 0.25) is 0 Å². The molecule has 0 fully saturated rings. The Kier molecular flexibility index (Phi) is 4.85. The smallest absolute Gasteiger partial charge is 0.418 e. The maximum Gasteiger partial charge on any atom is 0.418 e. The molecule has 0 bridgehead atoms. The zero-order valence-corrected chi connectivity index (χ0v) is 12.4. The number of amides is 1. The number of ether oxygens (including phenoxy) is 1. The van der Waals surface area contributed by atoms with Crippen molar-refractivity contribution in [3.63, 3.8) is 0 Å². The maximum atomic E-state index is 11.9. The number of allylic oxidation sites excluding steroid dienone is 2. The number of hydrogen-bond acceptors (Lipinski definition) is 2. The van der Waals surface area contributed by atoms with Gasteiger partial charge in [0.25, 0.3) is 0 Å². The van der Waals surface area contributed by atoms with Gasteiger partial charge >= 0.3 is 6.09 Å². The first kappa shape index (κ1) is 14.7. The van der Waals surface area contributed by atoms with Crippen LogP contribution in [0.5, 0.6) is 0 Å². The molecule has 20 heavy (non-hydrogen) atoms. The van der Waals surface area contributed by atoms with Gasteiger partial charge in [0.05, 0.1) is 0 Å². The van der Waals surface area contributed by atoms with Crippen LogP contribution in [0.25, 0.3) is 0 Å². The molecule has 0 radical (unpaired) electrons. The van der Waals surface area contributed by atoms with Crippen LogP contribution in [-0.4, -0.2) is 17.1 Å². The Bertz CT molecular complexity index is 525. The summed E-state index contributed by atoms with van der Waals surface area (Å²) in [6.07, 6.45) is 5.50. The fraction of sp³-hybridized carbons (Fsp3) is 0.312. The molecule has 0 spiro atoms. The van der Waals surface area contributed by atoms with Crippen LogP contribution in [0.2, 0.25) is 0 Å². The second kappa shape index (κ2) is 6.62. The molecule has 0 aromatic heterocycles. The van der Waals surface area contributed by atoms with Crippen LogP contribution in [0.4, 0.5) is 4.79 Å². The summed E-state index contributed by atoms with van der Waals surface area (Å²) < 4.78 is 5.26. The van der Waals surface area contributed by atoms with Crippen LogP contribution in [-0.2, 0) is 4.74 Å². The van der Waals surface area contributed by atoms with Crippen LogP contribution >= 0.6 is 11.6 Å². The normalized spacial score (nSPS) is 19.4. The molecule has 0 aliphatic carbocycles. The number of benzene rings is 1. The van der Waals surface area contributed by atoms with Crippen molar-refractivity contribution in [2.45, 2.75) is 32.3 Å². The van der Waals surface area contributed by atoms with Gasteiger partial charge in [-0.25, -0.2) is 4.79 Å². The maximum absolute atomic E-state index is 11.9. The van der Waals surface area contributed by atoms with E-state index in [-0.39, 0.29) is 12.0 Å². The van der Waals surface area contributed by atoms with E-state index in [1.165, 1.54) is 4.90 Å². The highest BCUT2D eigenvalue weighted by Gasteiger charge is 2.21. The minimum absolute atomic E-state index is 0.00878. The molecule has 1 amide bonds. The topological polar surface area (TPSA) is 29.5 Å². The van der Waals surface area contributed by atoms with Crippen molar-refractivity contribution in [3.8, 4) is 0 Å². The zero-order chi connectivity index (χ0) is 14.5. The Morgan fingerprint density at radius 1 is 1.40 bits per heavy atom. The molecule has 4 heteroatoms. The van der Waals surface area contributed by atoms with Crippen LogP contribution in [0.1, 0.15) is 31.7 Å². The number of hydrogen-bond donors (Lipinski definition) is 0. The van der Waals surface area contributed by atoms with Gasteiger partial charge in [-0.2, -0.15) is 0 Å². The fourth-order valence-electron chi connectivity index (χ4n) is 1.89. The van der Waals surface area contributed by atoms with E-state index < -0.39 is 6.09 Å². The van der Waals surface area contributed by atoms with E-state index in [1.807, 2.05) is 50.3 Å². The molecular weight excluding hydrogens is 274 g/mol. The molecule has 106 valence electrons. The monoisotopic (exact) mass is 291 g/mol. The molecular formula is C16H18ClNO2. The first-order valence-electron chi connectivity index (χ1n) is 6.71. The summed E-state index contributed by atoms with van der Waals surface area (Å²) in [5.41, 5.74) is 1.10. The number of carbonyl (C=O) groups excluding carboxylic acids is 1. The highest BCUT2D eigenvalue weighted by Crippen LogP contribution is 2.32. The lowest BCUT2D eigenvalue weighted by Crippen LogP contribution is -2.27. The number of rotatable bonds is 3. The van der Waals surface area contributed by atoms with Crippen molar-refractivity contribution in [2.75, 3.05) is 0 Å². The van der Waals surface area contributed by atoms with Crippen molar-refractivity contribution in [2.24, 2.45) is 0 Å². The van der Waals surface area contributed by atoms with E-state index in [1.54, 1.807) is 12.4 Å². The molecule has 2 unspecified atom stereocenters. The molecule has 1 aliphatic rings. The second-order valence-corrected chi connectivity index (χ2v) is 5.19. The summed E-state index contributed by atoms with van der Waals surface area (Å²) in [6, 6.07) is 9.92. The lowest BCUT2D eigenvalue weighted by molar-refractivity contribution is 0.0883. The number of nitrogens with zero attached hydrogens (tertiary/aromatic N) is 1. The average Bonchev–Trinajstić information content (AvgIpc) is 2.47. The molecule has 1 aliphatic heterocycles. The van der Waals surface area contributed by atoms with E-state index in [9.17, 15) is 4.79 Å². The van der Waals surface area contributed by atoms with Crippen LogP contribution in [0.3, 0.4) is 0 Å². The minimum Gasteiger partial charge on any atom is -0.446 e. The van der Waals surface area contributed by atoms with Crippen molar-refractivity contribution in [1.29, 1.82) is 0 Å². The number of halogens is 1. The SMILES string of the molecule is CCC(C)OC(=O)N1C=CC(c2ccccc2)C(Cl)=C1. The third kappa shape index (κ3) is 3.42. The van der Waals surface area contributed by atoms with Gasteiger partial charge in [-0.3, -0.25) is 4.90 Å². The summed E-state index contributed by atoms with van der Waals surface area (Å²) in [6.45, 7) is 3.84. The Labute approximate surface area is 124 Å². The molecule has 2 atom stereocenters. The third-order valence-corrected chi connectivity index (χ3v) is 3.58. The predicted molar refractivity (Wildman–Crippen MR) is 80.3 cm³/mol. The first-order chi connectivity index (χ1) is 9.61. The van der Waals surface area contributed by atoms with Crippen molar-refractivity contribution >= 4 is 17.7 Å². The standard InChI is InChI=1S/C16H18ClNO2/c1-3-12(2)20-16(19)18-10-9-14(15(17)11-18)13-7-5-4-6-8-13/h4-12,14H,3H2,1-2H3. The Morgan fingerprint density at radius 3 is 2.70 bits per heavy atom. The molecule has 1 aromatic carbocycles. The van der Waals surface area contributed by atoms with E-state index in [2.05, 4.69) is 0 Å². The van der Waals surface area contributed by atoms with E-state index in [0.29, 0.717) is 5.03 Å². The van der Waals surface area contributed by atoms with E-state index in [0.717, 1.165) is 12.0 Å². The van der Waals surface area contributed by atoms with Gasteiger partial charge in [0.15, 0.2) is 0 Å². The Hall–Kier alpha value is -1.74. The quantitative estimate of drug-likeness (QED) is 0.813. The second-order valence-electron chi connectivity index (χ2n) is 4.75. The van der Waals surface area contributed by atoms with Crippen LogP contribution in [0, 0.1) is 0 Å². The van der Waals surface area contributed by atoms with Crippen molar-refractivity contribution in [3.05, 3.63) is 59.4 Å². The minimum atomic E-state index is -0.403. The molecule has 3 nitrogen and oxygen atoms in total. The third-order valence-electron chi connectivity index (χ3n) is 3.25. The largest absolute Gasteiger partial charge is 0.446 e. The predicted octanol–water partition coefficient (Wildman–Crippen LogP) is 4.61. The Morgan fingerprint density at radius 2 is 2.10 bits per heavy atom. The van der Waals surface area contributed by atoms with Crippen molar-refractivity contribution < 1.29 is 9.53 Å². The molecule has 0 saturated heterocycles. The van der Waals surface area contributed by atoms with Gasteiger partial charge < -0.3 is 4.74 Å². The van der Waals surface area contributed by atoms with Crippen LogP contribution < -0.4 is 0 Å². The average molecular weight is 292 g/mol. The number of carbonyl (C=O) groups is 1. The van der Waals surface area contributed by atoms with E-state index >= 15 is 0 Å².